The number of nitrogens with one attached hydrogen (secondary N) is 1. The van der Waals surface area contributed by atoms with Gasteiger partial charge in [0.15, 0.2) is 0 Å². The van der Waals surface area contributed by atoms with E-state index in [9.17, 15) is 0 Å². The van der Waals surface area contributed by atoms with E-state index in [1.807, 2.05) is 13.0 Å². The van der Waals surface area contributed by atoms with Crippen LogP contribution < -0.4 is 10.1 Å². The monoisotopic (exact) mass is 249 g/mol. The van der Waals surface area contributed by atoms with Crippen LogP contribution in [-0.2, 0) is 0 Å². The van der Waals surface area contributed by atoms with Crippen molar-refractivity contribution in [1.82, 2.24) is 5.32 Å². The molecule has 0 aliphatic carbocycles. The van der Waals surface area contributed by atoms with Gasteiger partial charge in [0, 0.05) is 6.04 Å². The van der Waals surface area contributed by atoms with Gasteiger partial charge < -0.3 is 10.1 Å². The Morgan fingerprint density at radius 3 is 2.61 bits per heavy atom. The Morgan fingerprint density at radius 2 is 2.00 bits per heavy atom. The van der Waals surface area contributed by atoms with E-state index in [1.54, 1.807) is 0 Å². The van der Waals surface area contributed by atoms with Gasteiger partial charge >= 0.3 is 0 Å². The van der Waals surface area contributed by atoms with Crippen LogP contribution in [0.25, 0.3) is 0 Å². The molecule has 0 heterocycles. The molecule has 0 saturated carbocycles. The highest BCUT2D eigenvalue weighted by Gasteiger charge is 2.13. The molecule has 102 valence electrons. The normalized spacial score (nSPS) is 12.7. The number of hydrogen-bond acceptors (Lipinski definition) is 2. The summed E-state index contributed by atoms with van der Waals surface area (Å²) in [4.78, 5) is 0. The van der Waals surface area contributed by atoms with Crippen LogP contribution in [0.2, 0.25) is 0 Å². The van der Waals surface area contributed by atoms with Crippen molar-refractivity contribution in [3.63, 3.8) is 0 Å². The lowest BCUT2D eigenvalue weighted by atomic mass is 9.96. The lowest BCUT2D eigenvalue weighted by molar-refractivity contribution is 0.338. The second-order valence-corrected chi connectivity index (χ2v) is 5.14. The smallest absolute Gasteiger partial charge is 0.119 e. The molecule has 1 aromatic carbocycles. The van der Waals surface area contributed by atoms with Gasteiger partial charge in [-0.1, -0.05) is 32.9 Å². The highest BCUT2D eigenvalue weighted by atomic mass is 16.5. The van der Waals surface area contributed by atoms with Gasteiger partial charge in [-0.15, -0.1) is 0 Å². The van der Waals surface area contributed by atoms with E-state index >= 15 is 0 Å². The van der Waals surface area contributed by atoms with Crippen molar-refractivity contribution in [3.05, 3.63) is 29.8 Å². The van der Waals surface area contributed by atoms with Gasteiger partial charge in [0.1, 0.15) is 5.75 Å². The van der Waals surface area contributed by atoms with Crippen molar-refractivity contribution in [1.29, 1.82) is 0 Å². The Labute approximate surface area is 112 Å². The van der Waals surface area contributed by atoms with Gasteiger partial charge in [-0.25, -0.2) is 0 Å². The Morgan fingerprint density at radius 1 is 1.22 bits per heavy atom. The van der Waals surface area contributed by atoms with Gasteiger partial charge in [0.25, 0.3) is 0 Å². The molecule has 1 atom stereocenters. The van der Waals surface area contributed by atoms with E-state index in [2.05, 4.69) is 44.3 Å². The lowest BCUT2D eigenvalue weighted by Gasteiger charge is -2.21. The molecule has 0 saturated heterocycles. The molecule has 1 N–H and O–H groups in total. The van der Waals surface area contributed by atoms with E-state index in [1.165, 1.54) is 12.0 Å². The minimum absolute atomic E-state index is 0.436. The first-order chi connectivity index (χ1) is 8.67. The molecule has 0 radical (unpaired) electrons. The zero-order valence-electron chi connectivity index (χ0n) is 12.2. The van der Waals surface area contributed by atoms with Crippen LogP contribution in [0.5, 0.6) is 5.75 Å². The van der Waals surface area contributed by atoms with Crippen LogP contribution in [0, 0.1) is 5.92 Å². The fourth-order valence-electron chi connectivity index (χ4n) is 2.11. The van der Waals surface area contributed by atoms with Gasteiger partial charge in [-0.05, 0) is 49.9 Å². The molecular formula is C16H27NO. The number of hydrogen-bond donors (Lipinski definition) is 1. The van der Waals surface area contributed by atoms with Gasteiger partial charge in [-0.3, -0.25) is 0 Å². The summed E-state index contributed by atoms with van der Waals surface area (Å²) < 4.78 is 5.58. The van der Waals surface area contributed by atoms with Crippen molar-refractivity contribution in [2.75, 3.05) is 13.2 Å². The minimum Gasteiger partial charge on any atom is -0.494 e. The largest absolute Gasteiger partial charge is 0.494 e. The molecule has 0 fully saturated rings. The molecule has 2 heteroatoms. The summed E-state index contributed by atoms with van der Waals surface area (Å²) in [6, 6.07) is 8.91. The van der Waals surface area contributed by atoms with E-state index in [-0.39, 0.29) is 0 Å². The van der Waals surface area contributed by atoms with Gasteiger partial charge in [-0.2, -0.15) is 0 Å². The number of ether oxygens (including phenoxy) is 1. The highest BCUT2D eigenvalue weighted by molar-refractivity contribution is 5.30. The zero-order chi connectivity index (χ0) is 13.4. The molecular weight excluding hydrogens is 222 g/mol. The van der Waals surface area contributed by atoms with Crippen LogP contribution in [-0.4, -0.2) is 13.2 Å². The van der Waals surface area contributed by atoms with Crippen LogP contribution in [0.1, 0.15) is 52.1 Å². The molecule has 1 rings (SSSR count). The zero-order valence-corrected chi connectivity index (χ0v) is 12.2. The molecule has 18 heavy (non-hydrogen) atoms. The predicted octanol–water partition coefficient (Wildman–Crippen LogP) is 4.17. The highest BCUT2D eigenvalue weighted by Crippen LogP contribution is 2.24. The molecule has 2 nitrogen and oxygen atoms in total. The molecule has 0 bridgehead atoms. The second-order valence-electron chi connectivity index (χ2n) is 5.14. The summed E-state index contributed by atoms with van der Waals surface area (Å²) in [5, 5.41) is 3.63. The predicted molar refractivity (Wildman–Crippen MR) is 78.1 cm³/mol. The first-order valence-corrected chi connectivity index (χ1v) is 7.13. The Kier molecular flexibility index (Phi) is 6.81. The molecule has 0 spiro atoms. The van der Waals surface area contributed by atoms with E-state index < -0.39 is 0 Å². The summed E-state index contributed by atoms with van der Waals surface area (Å²) in [5.74, 6) is 1.66. The van der Waals surface area contributed by atoms with Crippen molar-refractivity contribution >= 4 is 0 Å². The SMILES string of the molecule is CCCNC(CC(C)C)c1cccc(OCC)c1. The molecule has 0 aliphatic rings. The maximum atomic E-state index is 5.58. The number of benzene rings is 1. The van der Waals surface area contributed by atoms with Crippen molar-refractivity contribution in [3.8, 4) is 5.75 Å². The summed E-state index contributed by atoms with van der Waals surface area (Å²) in [7, 11) is 0. The first-order valence-electron chi connectivity index (χ1n) is 7.13. The van der Waals surface area contributed by atoms with E-state index in [0.717, 1.165) is 25.3 Å². The average Bonchev–Trinajstić information content (AvgIpc) is 2.35. The fraction of sp³-hybridized carbons (Fsp3) is 0.625. The van der Waals surface area contributed by atoms with Crippen LogP contribution in [0.3, 0.4) is 0 Å². The van der Waals surface area contributed by atoms with Gasteiger partial charge in [0.05, 0.1) is 6.61 Å². The molecule has 1 unspecified atom stereocenters. The molecule has 1 aromatic rings. The summed E-state index contributed by atoms with van der Waals surface area (Å²) in [6.45, 7) is 10.6. The minimum atomic E-state index is 0.436. The third-order valence-electron chi connectivity index (χ3n) is 2.92. The van der Waals surface area contributed by atoms with Crippen LogP contribution in [0.4, 0.5) is 0 Å². The third-order valence-corrected chi connectivity index (χ3v) is 2.92. The van der Waals surface area contributed by atoms with Crippen molar-refractivity contribution in [2.24, 2.45) is 5.92 Å². The van der Waals surface area contributed by atoms with Crippen LogP contribution in [0.15, 0.2) is 24.3 Å². The molecule has 0 aromatic heterocycles. The van der Waals surface area contributed by atoms with Crippen molar-refractivity contribution < 1.29 is 4.74 Å². The Balaban J connectivity index is 2.78. The van der Waals surface area contributed by atoms with Gasteiger partial charge in [0.2, 0.25) is 0 Å². The molecule has 0 aliphatic heterocycles. The molecule has 0 amide bonds. The van der Waals surface area contributed by atoms with E-state index in [4.69, 9.17) is 4.74 Å². The number of rotatable bonds is 8. The quantitative estimate of drug-likeness (QED) is 0.746. The first kappa shape index (κ1) is 15.0. The fourth-order valence-corrected chi connectivity index (χ4v) is 2.11. The van der Waals surface area contributed by atoms with E-state index in [0.29, 0.717) is 12.0 Å². The van der Waals surface area contributed by atoms with Crippen molar-refractivity contribution in [2.45, 2.75) is 46.6 Å². The summed E-state index contributed by atoms with van der Waals surface area (Å²) >= 11 is 0. The lowest BCUT2D eigenvalue weighted by Crippen LogP contribution is -2.23. The third kappa shape index (κ3) is 5.09. The maximum Gasteiger partial charge on any atom is 0.119 e. The second kappa shape index (κ2) is 8.15. The topological polar surface area (TPSA) is 21.3 Å². The maximum absolute atomic E-state index is 5.58. The Bertz CT molecular complexity index is 336. The standard InChI is InChI=1S/C16H27NO/c1-5-10-17-16(11-13(3)4)14-8-7-9-15(12-14)18-6-2/h7-9,12-13,16-17H,5-6,10-11H2,1-4H3. The van der Waals surface area contributed by atoms with Crippen LogP contribution >= 0.6 is 0 Å². The summed E-state index contributed by atoms with van der Waals surface area (Å²) in [6.07, 6.45) is 2.33. The average molecular weight is 249 g/mol. The Hall–Kier alpha value is -1.02. The summed E-state index contributed by atoms with van der Waals surface area (Å²) in [5.41, 5.74) is 1.34.